The summed E-state index contributed by atoms with van der Waals surface area (Å²) in [4.78, 5) is 27.6. The number of aromatic amines is 1. The van der Waals surface area contributed by atoms with E-state index in [0.29, 0.717) is 13.1 Å². The van der Waals surface area contributed by atoms with Gasteiger partial charge in [0.15, 0.2) is 6.10 Å². The molecule has 0 radical (unpaired) electrons. The van der Waals surface area contributed by atoms with Gasteiger partial charge in [0.2, 0.25) is 10.0 Å². The minimum absolute atomic E-state index is 0.0470. The number of morpholine rings is 1. The Balaban J connectivity index is 1.74. The van der Waals surface area contributed by atoms with Crippen LogP contribution in [0.4, 0.5) is 0 Å². The van der Waals surface area contributed by atoms with Crippen molar-refractivity contribution in [2.45, 2.75) is 11.0 Å². The fourth-order valence-electron chi connectivity index (χ4n) is 2.74. The zero-order valence-corrected chi connectivity index (χ0v) is 15.0. The van der Waals surface area contributed by atoms with Crippen LogP contribution in [0.15, 0.2) is 17.2 Å². The van der Waals surface area contributed by atoms with Crippen LogP contribution in [0.25, 0.3) is 0 Å². The molecule has 0 spiro atoms. The molecule has 3 rings (SSSR count). The summed E-state index contributed by atoms with van der Waals surface area (Å²) in [5, 5.41) is 9.01. The standard InChI is InChI=1S/C14H19N3O6S2/c18-13(16-1-4-23-12(9-16)14(19)20)11-7-10(8-15-11)25(21,22)17-2-5-24-6-3-17/h7-8,12,15H,1-6,9H2,(H,19,20). The van der Waals surface area contributed by atoms with E-state index < -0.39 is 28.0 Å². The van der Waals surface area contributed by atoms with Crippen molar-refractivity contribution in [3.05, 3.63) is 18.0 Å². The van der Waals surface area contributed by atoms with Crippen LogP contribution < -0.4 is 0 Å². The van der Waals surface area contributed by atoms with Gasteiger partial charge < -0.3 is 19.7 Å². The average Bonchev–Trinajstić information content (AvgIpc) is 3.13. The predicted octanol–water partition coefficient (Wildman–Crippen LogP) is -0.322. The molecule has 3 heterocycles. The molecule has 2 aliphatic heterocycles. The number of hydrogen-bond acceptors (Lipinski definition) is 6. The number of nitrogens with one attached hydrogen (secondary N) is 1. The third-order valence-electron chi connectivity index (χ3n) is 4.12. The lowest BCUT2D eigenvalue weighted by atomic mass is 10.2. The van der Waals surface area contributed by atoms with E-state index in [1.54, 1.807) is 11.8 Å². The number of H-pyrrole nitrogens is 1. The molecule has 2 N–H and O–H groups in total. The molecule has 11 heteroatoms. The van der Waals surface area contributed by atoms with Crippen molar-refractivity contribution in [2.24, 2.45) is 0 Å². The maximum atomic E-state index is 12.6. The molecule has 2 aliphatic rings. The molecule has 0 saturated carbocycles. The number of nitrogens with zero attached hydrogens (tertiary/aromatic N) is 2. The number of carboxylic acids is 1. The number of thioether (sulfide) groups is 1. The van der Waals surface area contributed by atoms with Gasteiger partial charge in [-0.2, -0.15) is 16.1 Å². The van der Waals surface area contributed by atoms with E-state index in [1.165, 1.54) is 21.5 Å². The molecule has 9 nitrogen and oxygen atoms in total. The number of sulfonamides is 1. The minimum Gasteiger partial charge on any atom is -0.479 e. The van der Waals surface area contributed by atoms with Crippen LogP contribution >= 0.6 is 11.8 Å². The second-order valence-corrected chi connectivity index (χ2v) is 8.88. The first-order chi connectivity index (χ1) is 11.9. The number of carbonyl (C=O) groups is 2. The summed E-state index contributed by atoms with van der Waals surface area (Å²) in [6.07, 6.45) is 0.237. The second-order valence-electron chi connectivity index (χ2n) is 5.71. The lowest BCUT2D eigenvalue weighted by Gasteiger charge is -2.30. The Kier molecular flexibility index (Phi) is 5.37. The van der Waals surface area contributed by atoms with Crippen molar-refractivity contribution < 1.29 is 27.9 Å². The highest BCUT2D eigenvalue weighted by Crippen LogP contribution is 2.21. The Bertz CT molecular complexity index is 756. The molecule has 1 aromatic rings. The Hall–Kier alpha value is -1.56. The molecule has 2 fully saturated rings. The van der Waals surface area contributed by atoms with Crippen LogP contribution in [0.2, 0.25) is 0 Å². The van der Waals surface area contributed by atoms with Gasteiger partial charge in [-0.15, -0.1) is 0 Å². The average molecular weight is 389 g/mol. The van der Waals surface area contributed by atoms with Crippen LogP contribution in [0.3, 0.4) is 0 Å². The topological polar surface area (TPSA) is 120 Å². The smallest absolute Gasteiger partial charge is 0.334 e. The van der Waals surface area contributed by atoms with Gasteiger partial charge in [-0.05, 0) is 6.07 Å². The summed E-state index contributed by atoms with van der Waals surface area (Å²) in [5.74, 6) is -0.0695. The van der Waals surface area contributed by atoms with Crippen LogP contribution in [0, 0.1) is 0 Å². The minimum atomic E-state index is -3.63. The molecule has 0 bridgehead atoms. The van der Waals surface area contributed by atoms with Gasteiger partial charge in [0.05, 0.1) is 13.2 Å². The van der Waals surface area contributed by atoms with Gasteiger partial charge in [-0.3, -0.25) is 4.79 Å². The highest BCUT2D eigenvalue weighted by Gasteiger charge is 2.32. The molecule has 2 saturated heterocycles. The number of carboxylic acid groups (broad SMARTS) is 1. The van der Waals surface area contributed by atoms with Crippen molar-refractivity contribution in [2.75, 3.05) is 44.3 Å². The zero-order chi connectivity index (χ0) is 18.0. The van der Waals surface area contributed by atoms with E-state index in [-0.39, 0.29) is 30.3 Å². The quantitative estimate of drug-likeness (QED) is 0.724. The van der Waals surface area contributed by atoms with Gasteiger partial charge in [-0.25, -0.2) is 13.2 Å². The summed E-state index contributed by atoms with van der Waals surface area (Å²) in [6, 6.07) is 1.31. The Morgan fingerprint density at radius 3 is 2.68 bits per heavy atom. The monoisotopic (exact) mass is 389 g/mol. The maximum Gasteiger partial charge on any atom is 0.334 e. The number of carbonyl (C=O) groups excluding carboxylic acids is 1. The Labute approximate surface area is 149 Å². The van der Waals surface area contributed by atoms with Crippen molar-refractivity contribution in [1.29, 1.82) is 0 Å². The number of aromatic nitrogens is 1. The number of rotatable bonds is 4. The van der Waals surface area contributed by atoms with Crippen LogP contribution in [-0.4, -0.2) is 90.0 Å². The van der Waals surface area contributed by atoms with Gasteiger partial charge in [0, 0.05) is 37.3 Å². The summed E-state index contributed by atoms with van der Waals surface area (Å²) >= 11 is 1.71. The predicted molar refractivity (Wildman–Crippen MR) is 90.2 cm³/mol. The number of ether oxygens (including phenoxy) is 1. The first-order valence-corrected chi connectivity index (χ1v) is 10.4. The van der Waals surface area contributed by atoms with Crippen LogP contribution in [-0.2, 0) is 19.6 Å². The van der Waals surface area contributed by atoms with Gasteiger partial charge >= 0.3 is 5.97 Å². The molecule has 138 valence electrons. The molecular formula is C14H19N3O6S2. The van der Waals surface area contributed by atoms with E-state index in [0.717, 1.165) is 11.5 Å². The van der Waals surface area contributed by atoms with Crippen molar-refractivity contribution in [3.8, 4) is 0 Å². The molecule has 0 aromatic carbocycles. The molecule has 1 aromatic heterocycles. The number of hydrogen-bond donors (Lipinski definition) is 2. The highest BCUT2D eigenvalue weighted by atomic mass is 32.2. The number of aliphatic carboxylic acids is 1. The van der Waals surface area contributed by atoms with Crippen molar-refractivity contribution in [1.82, 2.24) is 14.2 Å². The van der Waals surface area contributed by atoms with E-state index in [1.807, 2.05) is 0 Å². The van der Waals surface area contributed by atoms with Crippen molar-refractivity contribution in [3.63, 3.8) is 0 Å². The first kappa shape index (κ1) is 18.2. The fourth-order valence-corrected chi connectivity index (χ4v) is 5.31. The molecule has 25 heavy (non-hydrogen) atoms. The molecule has 1 atom stereocenters. The van der Waals surface area contributed by atoms with E-state index in [2.05, 4.69) is 4.98 Å². The lowest BCUT2D eigenvalue weighted by Crippen LogP contribution is -2.48. The van der Waals surface area contributed by atoms with Gasteiger partial charge in [-0.1, -0.05) is 0 Å². The summed E-state index contributed by atoms with van der Waals surface area (Å²) in [5.41, 5.74) is 0.121. The summed E-state index contributed by atoms with van der Waals surface area (Å²) < 4.78 is 31.7. The number of amides is 1. The molecule has 0 aliphatic carbocycles. The van der Waals surface area contributed by atoms with Gasteiger partial charge in [0.25, 0.3) is 5.91 Å². The van der Waals surface area contributed by atoms with Gasteiger partial charge in [0.1, 0.15) is 10.6 Å². The fraction of sp³-hybridized carbons (Fsp3) is 0.571. The molecule has 1 amide bonds. The Morgan fingerprint density at radius 1 is 1.28 bits per heavy atom. The first-order valence-electron chi connectivity index (χ1n) is 7.79. The second kappa shape index (κ2) is 7.36. The summed E-state index contributed by atoms with van der Waals surface area (Å²) in [6.45, 7) is 1.21. The maximum absolute atomic E-state index is 12.6. The zero-order valence-electron chi connectivity index (χ0n) is 13.4. The van der Waals surface area contributed by atoms with E-state index in [4.69, 9.17) is 9.84 Å². The van der Waals surface area contributed by atoms with Crippen LogP contribution in [0.5, 0.6) is 0 Å². The Morgan fingerprint density at radius 2 is 2.00 bits per heavy atom. The van der Waals surface area contributed by atoms with Crippen LogP contribution in [0.1, 0.15) is 10.5 Å². The SMILES string of the molecule is O=C(O)C1CN(C(=O)c2cc(S(=O)(=O)N3CCSCC3)c[nH]2)CCO1. The normalized spacial score (nSPS) is 22.7. The summed E-state index contributed by atoms with van der Waals surface area (Å²) in [7, 11) is -3.63. The lowest BCUT2D eigenvalue weighted by molar-refractivity contribution is -0.154. The molecular weight excluding hydrogens is 370 g/mol. The van der Waals surface area contributed by atoms with E-state index >= 15 is 0 Å². The van der Waals surface area contributed by atoms with Crippen molar-refractivity contribution >= 4 is 33.7 Å². The van der Waals surface area contributed by atoms with E-state index in [9.17, 15) is 18.0 Å². The molecule has 1 unspecified atom stereocenters. The third-order valence-corrected chi connectivity index (χ3v) is 6.94. The third kappa shape index (κ3) is 3.84. The largest absolute Gasteiger partial charge is 0.479 e. The highest BCUT2D eigenvalue weighted by molar-refractivity contribution is 7.99.